The molecule has 2 heterocycles. The van der Waals surface area contributed by atoms with Crippen LogP contribution in [0.3, 0.4) is 0 Å². The molecule has 4 nitrogen and oxygen atoms in total. The Kier molecular flexibility index (Phi) is 5.46. The molecule has 0 spiro atoms. The zero-order valence-electron chi connectivity index (χ0n) is 14.5. The van der Waals surface area contributed by atoms with Gasteiger partial charge in [0.25, 0.3) is 6.43 Å². The maximum atomic E-state index is 12.8. The maximum absolute atomic E-state index is 12.8. The highest BCUT2D eigenvalue weighted by molar-refractivity contribution is 5.87. The van der Waals surface area contributed by atoms with Crippen molar-refractivity contribution in [3.8, 4) is 11.1 Å². The van der Waals surface area contributed by atoms with E-state index in [4.69, 9.17) is 0 Å². The van der Waals surface area contributed by atoms with Crippen molar-refractivity contribution in [2.24, 2.45) is 0 Å². The molecule has 0 atom stereocenters. The van der Waals surface area contributed by atoms with E-state index >= 15 is 0 Å². The molecule has 2 aromatic carbocycles. The predicted molar refractivity (Wildman–Crippen MR) is 103 cm³/mol. The molecule has 0 saturated heterocycles. The molecule has 0 unspecified atom stereocenters. The summed E-state index contributed by atoms with van der Waals surface area (Å²) in [6.07, 6.45) is 2.90. The van der Waals surface area contributed by atoms with Gasteiger partial charge in [0.15, 0.2) is 0 Å². The Bertz CT molecular complexity index is 1080. The van der Waals surface area contributed by atoms with E-state index in [9.17, 15) is 8.78 Å². The van der Waals surface area contributed by atoms with Crippen LogP contribution >= 0.6 is 12.4 Å². The van der Waals surface area contributed by atoms with E-state index < -0.39 is 6.43 Å². The standard InChI is InChI=1S/C20H16F2N4.ClH/c1-13-23-6-7-26(13)12-19-10-18(11-24-25-19)16-3-2-15-9-17(20(21)22)5-4-14(15)8-16;/h2-11,20H,12H2,1H3;1H. The SMILES string of the molecule is Cc1nccn1Cc1cc(-c2ccc3cc(C(F)F)ccc3c2)cnn1.Cl. The highest BCUT2D eigenvalue weighted by Crippen LogP contribution is 2.28. The molecule has 0 N–H and O–H groups in total. The maximum Gasteiger partial charge on any atom is 0.263 e. The molecule has 0 bridgehead atoms. The van der Waals surface area contributed by atoms with Crippen LogP contribution in [0, 0.1) is 6.92 Å². The number of aryl methyl sites for hydroxylation is 1. The van der Waals surface area contributed by atoms with Gasteiger partial charge in [0.05, 0.1) is 18.4 Å². The third-order valence-corrected chi connectivity index (χ3v) is 4.41. The van der Waals surface area contributed by atoms with Gasteiger partial charge in [-0.25, -0.2) is 13.8 Å². The van der Waals surface area contributed by atoms with E-state index in [1.54, 1.807) is 18.5 Å². The quantitative estimate of drug-likeness (QED) is 0.483. The molecule has 4 rings (SSSR count). The number of fused-ring (bicyclic) bond motifs is 1. The average Bonchev–Trinajstić information content (AvgIpc) is 3.05. The van der Waals surface area contributed by atoms with Crippen LogP contribution in [0.1, 0.15) is 23.5 Å². The van der Waals surface area contributed by atoms with Gasteiger partial charge in [0, 0.05) is 23.5 Å². The minimum atomic E-state index is -2.46. The first-order valence-corrected chi connectivity index (χ1v) is 8.22. The van der Waals surface area contributed by atoms with Crippen molar-refractivity contribution in [3.05, 3.63) is 78.1 Å². The molecule has 0 aliphatic carbocycles. The fourth-order valence-electron chi connectivity index (χ4n) is 2.97. The average molecular weight is 387 g/mol. The summed E-state index contributed by atoms with van der Waals surface area (Å²) >= 11 is 0. The molecular formula is C20H17ClF2N4. The highest BCUT2D eigenvalue weighted by atomic mass is 35.5. The van der Waals surface area contributed by atoms with Crippen molar-refractivity contribution in [2.75, 3.05) is 0 Å². The van der Waals surface area contributed by atoms with Crippen LogP contribution in [0.4, 0.5) is 8.78 Å². The monoisotopic (exact) mass is 386 g/mol. The first-order chi connectivity index (χ1) is 12.6. The van der Waals surface area contributed by atoms with Gasteiger partial charge in [-0.1, -0.05) is 24.3 Å². The number of imidazole rings is 1. The first-order valence-electron chi connectivity index (χ1n) is 8.22. The second-order valence-corrected chi connectivity index (χ2v) is 6.16. The van der Waals surface area contributed by atoms with Gasteiger partial charge < -0.3 is 4.57 Å². The van der Waals surface area contributed by atoms with Crippen LogP contribution in [-0.2, 0) is 6.54 Å². The van der Waals surface area contributed by atoms with Gasteiger partial charge >= 0.3 is 0 Å². The summed E-state index contributed by atoms with van der Waals surface area (Å²) in [7, 11) is 0. The number of alkyl halides is 2. The van der Waals surface area contributed by atoms with Crippen LogP contribution in [0.25, 0.3) is 21.9 Å². The zero-order chi connectivity index (χ0) is 18.1. The molecule has 4 aromatic rings. The van der Waals surface area contributed by atoms with Gasteiger partial charge in [-0.3, -0.25) is 0 Å². The number of aromatic nitrogens is 4. The molecule has 7 heteroatoms. The summed E-state index contributed by atoms with van der Waals surface area (Å²) in [6, 6.07) is 12.5. The lowest BCUT2D eigenvalue weighted by molar-refractivity contribution is 0.151. The van der Waals surface area contributed by atoms with E-state index in [2.05, 4.69) is 15.2 Å². The fraction of sp³-hybridized carbons (Fsp3) is 0.150. The number of rotatable bonds is 4. The Labute approximate surface area is 161 Å². The normalized spacial score (nSPS) is 11.0. The summed E-state index contributed by atoms with van der Waals surface area (Å²) in [5, 5.41) is 10.0. The van der Waals surface area contributed by atoms with Gasteiger partial charge in [-0.15, -0.1) is 12.4 Å². The van der Waals surface area contributed by atoms with E-state index in [0.717, 1.165) is 33.4 Å². The molecule has 138 valence electrons. The predicted octanol–water partition coefficient (Wildman–Crippen LogP) is 5.21. The molecule has 0 fully saturated rings. The summed E-state index contributed by atoms with van der Waals surface area (Å²) < 4.78 is 27.7. The van der Waals surface area contributed by atoms with Crippen molar-refractivity contribution in [1.82, 2.24) is 19.7 Å². The summed E-state index contributed by atoms with van der Waals surface area (Å²) in [6.45, 7) is 2.53. The molecule has 0 radical (unpaired) electrons. The first kappa shape index (κ1) is 18.9. The molecule has 2 aromatic heterocycles. The van der Waals surface area contributed by atoms with Crippen LogP contribution < -0.4 is 0 Å². The summed E-state index contributed by atoms with van der Waals surface area (Å²) in [5.74, 6) is 0.915. The Morgan fingerprint density at radius 2 is 1.78 bits per heavy atom. The number of hydrogen-bond acceptors (Lipinski definition) is 3. The molecule has 0 saturated carbocycles. The van der Waals surface area contributed by atoms with Crippen molar-refractivity contribution in [1.29, 1.82) is 0 Å². The molecule has 0 aliphatic heterocycles. The third kappa shape index (κ3) is 3.95. The Morgan fingerprint density at radius 1 is 1.00 bits per heavy atom. The summed E-state index contributed by atoms with van der Waals surface area (Å²) in [5.41, 5.74) is 2.78. The Morgan fingerprint density at radius 3 is 2.52 bits per heavy atom. The molecule has 0 aliphatic rings. The van der Waals surface area contributed by atoms with Gasteiger partial charge in [0.2, 0.25) is 0 Å². The highest BCUT2D eigenvalue weighted by Gasteiger charge is 2.09. The largest absolute Gasteiger partial charge is 0.329 e. The molecule has 0 amide bonds. The lowest BCUT2D eigenvalue weighted by Gasteiger charge is -2.08. The van der Waals surface area contributed by atoms with Gasteiger partial charge in [-0.2, -0.15) is 10.2 Å². The van der Waals surface area contributed by atoms with Crippen molar-refractivity contribution in [2.45, 2.75) is 19.9 Å². The van der Waals surface area contributed by atoms with E-state index in [-0.39, 0.29) is 18.0 Å². The van der Waals surface area contributed by atoms with Gasteiger partial charge in [-0.05, 0) is 41.5 Å². The second-order valence-electron chi connectivity index (χ2n) is 6.16. The topological polar surface area (TPSA) is 43.6 Å². The lowest BCUT2D eigenvalue weighted by atomic mass is 10.0. The Balaban J connectivity index is 0.00000210. The summed E-state index contributed by atoms with van der Waals surface area (Å²) in [4.78, 5) is 4.21. The third-order valence-electron chi connectivity index (χ3n) is 4.41. The Hall–Kier alpha value is -2.86. The van der Waals surface area contributed by atoms with Gasteiger partial charge in [0.1, 0.15) is 5.82 Å². The van der Waals surface area contributed by atoms with Crippen LogP contribution in [0.2, 0.25) is 0 Å². The molecular weight excluding hydrogens is 370 g/mol. The van der Waals surface area contributed by atoms with Crippen molar-refractivity contribution < 1.29 is 8.78 Å². The second kappa shape index (κ2) is 7.80. The minimum absolute atomic E-state index is 0. The number of benzene rings is 2. The molecule has 27 heavy (non-hydrogen) atoms. The fourth-order valence-corrected chi connectivity index (χ4v) is 2.97. The van der Waals surface area contributed by atoms with E-state index in [1.165, 1.54) is 12.1 Å². The van der Waals surface area contributed by atoms with Crippen LogP contribution in [0.5, 0.6) is 0 Å². The number of halogens is 3. The zero-order valence-corrected chi connectivity index (χ0v) is 15.3. The van der Waals surface area contributed by atoms with E-state index in [0.29, 0.717) is 6.54 Å². The minimum Gasteiger partial charge on any atom is -0.329 e. The number of nitrogens with zero attached hydrogens (tertiary/aromatic N) is 4. The van der Waals surface area contributed by atoms with Crippen LogP contribution in [0.15, 0.2) is 61.1 Å². The van der Waals surface area contributed by atoms with Crippen molar-refractivity contribution >= 4 is 23.2 Å². The van der Waals surface area contributed by atoms with Crippen molar-refractivity contribution in [3.63, 3.8) is 0 Å². The smallest absolute Gasteiger partial charge is 0.263 e. The van der Waals surface area contributed by atoms with E-state index in [1.807, 2.05) is 42.0 Å². The van der Waals surface area contributed by atoms with Crippen LogP contribution in [-0.4, -0.2) is 19.7 Å². The number of hydrogen-bond donors (Lipinski definition) is 0. The lowest BCUT2D eigenvalue weighted by Crippen LogP contribution is -2.04.